The lowest BCUT2D eigenvalue weighted by Crippen LogP contribution is -2.31. The van der Waals surface area contributed by atoms with Crippen molar-refractivity contribution in [2.45, 2.75) is 0 Å². The summed E-state index contributed by atoms with van der Waals surface area (Å²) < 4.78 is 10.9. The van der Waals surface area contributed by atoms with Crippen LogP contribution in [-0.4, -0.2) is 47.8 Å². The molecule has 9 nitrogen and oxygen atoms in total. The summed E-state index contributed by atoms with van der Waals surface area (Å²) in [6.07, 6.45) is 3.15. The summed E-state index contributed by atoms with van der Waals surface area (Å²) in [6.45, 7) is -0.212. The average Bonchev–Trinajstić information content (AvgIpc) is 3.34. The molecule has 172 valence electrons. The van der Waals surface area contributed by atoms with E-state index in [0.717, 1.165) is 22.6 Å². The van der Waals surface area contributed by atoms with Gasteiger partial charge in [-0.25, -0.2) is 0 Å². The number of anilines is 2. The molecule has 0 radical (unpaired) electrons. The highest BCUT2D eigenvalue weighted by molar-refractivity contribution is 7.17. The van der Waals surface area contributed by atoms with E-state index in [1.807, 2.05) is 54.6 Å². The molecule has 34 heavy (non-hydrogen) atoms. The Hall–Kier alpha value is -4.31. The first-order valence-corrected chi connectivity index (χ1v) is 11.0. The molecule has 0 fully saturated rings. The molecule has 0 aliphatic heterocycles. The lowest BCUT2D eigenvalue weighted by atomic mass is 10.0. The van der Waals surface area contributed by atoms with Gasteiger partial charge in [0, 0.05) is 36.3 Å². The van der Waals surface area contributed by atoms with E-state index in [1.54, 1.807) is 26.4 Å². The number of para-hydroxylation sites is 2. The van der Waals surface area contributed by atoms with E-state index in [1.165, 1.54) is 11.1 Å². The predicted molar refractivity (Wildman–Crippen MR) is 129 cm³/mol. The van der Waals surface area contributed by atoms with Gasteiger partial charge in [-0.2, -0.15) is 0 Å². The van der Waals surface area contributed by atoms with Gasteiger partial charge in [0.15, 0.2) is 6.61 Å². The van der Waals surface area contributed by atoms with Crippen LogP contribution in [0, 0.1) is 0 Å². The molecule has 10 heteroatoms. The zero-order valence-corrected chi connectivity index (χ0v) is 19.3. The molecule has 0 spiro atoms. The number of nitrogens with one attached hydrogen (secondary N) is 1. The molecular formula is C24H21N5O4S. The molecule has 2 aromatic carbocycles. The third-order valence-corrected chi connectivity index (χ3v) is 5.68. The Balaban J connectivity index is 1.42. The minimum Gasteiger partial charge on any atom is -0.496 e. The van der Waals surface area contributed by atoms with E-state index in [2.05, 4.69) is 20.5 Å². The molecule has 0 aliphatic carbocycles. The zero-order valence-electron chi connectivity index (χ0n) is 18.5. The van der Waals surface area contributed by atoms with Crippen molar-refractivity contribution in [3.8, 4) is 22.1 Å². The second-order valence-electron chi connectivity index (χ2n) is 7.03. The van der Waals surface area contributed by atoms with E-state index in [-0.39, 0.29) is 28.7 Å². The fourth-order valence-electron chi connectivity index (χ4n) is 3.17. The van der Waals surface area contributed by atoms with Gasteiger partial charge >= 0.3 is 0 Å². The molecule has 0 saturated carbocycles. The molecule has 0 atom stereocenters. The number of carbonyl (C=O) groups excluding carboxylic acids is 2. The van der Waals surface area contributed by atoms with Crippen LogP contribution in [0.3, 0.4) is 0 Å². The van der Waals surface area contributed by atoms with Crippen LogP contribution in [0.2, 0.25) is 0 Å². The molecule has 1 N–H and O–H groups in total. The number of rotatable bonds is 8. The Morgan fingerprint density at radius 1 is 1.00 bits per heavy atom. The van der Waals surface area contributed by atoms with Crippen molar-refractivity contribution in [2.75, 3.05) is 31.0 Å². The van der Waals surface area contributed by atoms with Crippen LogP contribution in [-0.2, 0) is 4.79 Å². The maximum absolute atomic E-state index is 13.0. The van der Waals surface area contributed by atoms with Crippen LogP contribution in [0.25, 0.3) is 11.1 Å². The molecule has 4 rings (SSSR count). The maximum atomic E-state index is 13.0. The molecule has 2 aromatic heterocycles. The SMILES string of the molecule is COc1ccccc1-c1cnccc1C(=O)Nc1nnc(OCC(=O)N(C)c2ccccc2)s1. The monoisotopic (exact) mass is 475 g/mol. The van der Waals surface area contributed by atoms with Crippen LogP contribution < -0.4 is 19.7 Å². The Morgan fingerprint density at radius 3 is 2.56 bits per heavy atom. The largest absolute Gasteiger partial charge is 0.496 e. The van der Waals surface area contributed by atoms with Gasteiger partial charge in [-0.15, -0.1) is 5.10 Å². The van der Waals surface area contributed by atoms with Crippen LogP contribution in [0.4, 0.5) is 10.8 Å². The molecule has 0 unspecified atom stereocenters. The number of methoxy groups -OCH3 is 1. The lowest BCUT2D eigenvalue weighted by molar-refractivity contribution is -0.120. The van der Waals surface area contributed by atoms with Crippen LogP contribution >= 0.6 is 11.3 Å². The maximum Gasteiger partial charge on any atom is 0.296 e. The third-order valence-electron chi connectivity index (χ3n) is 4.93. The van der Waals surface area contributed by atoms with Gasteiger partial charge < -0.3 is 14.4 Å². The van der Waals surface area contributed by atoms with Crippen LogP contribution in [0.15, 0.2) is 73.1 Å². The van der Waals surface area contributed by atoms with Gasteiger partial charge in [0.05, 0.1) is 12.7 Å². The van der Waals surface area contributed by atoms with Crippen molar-refractivity contribution in [3.63, 3.8) is 0 Å². The average molecular weight is 476 g/mol. The third kappa shape index (κ3) is 5.18. The Labute approximate surface area is 200 Å². The Kier molecular flexibility index (Phi) is 7.09. The van der Waals surface area contributed by atoms with Crippen molar-refractivity contribution >= 4 is 34.0 Å². The van der Waals surface area contributed by atoms with Crippen molar-refractivity contribution in [1.29, 1.82) is 0 Å². The van der Waals surface area contributed by atoms with Crippen molar-refractivity contribution in [3.05, 3.63) is 78.6 Å². The lowest BCUT2D eigenvalue weighted by Gasteiger charge is -2.16. The van der Waals surface area contributed by atoms with E-state index >= 15 is 0 Å². The number of carbonyl (C=O) groups is 2. The first-order valence-electron chi connectivity index (χ1n) is 10.2. The number of likely N-dealkylation sites (N-methyl/N-ethyl adjacent to an activating group) is 1. The second kappa shape index (κ2) is 10.5. The summed E-state index contributed by atoms with van der Waals surface area (Å²) in [7, 11) is 3.24. The van der Waals surface area contributed by atoms with Crippen LogP contribution in [0.5, 0.6) is 10.9 Å². The minimum atomic E-state index is -0.383. The normalized spacial score (nSPS) is 10.4. The van der Waals surface area contributed by atoms with Gasteiger partial charge in [-0.1, -0.05) is 41.5 Å². The van der Waals surface area contributed by atoms with E-state index in [4.69, 9.17) is 9.47 Å². The van der Waals surface area contributed by atoms with E-state index in [0.29, 0.717) is 16.9 Å². The molecule has 0 bridgehead atoms. The number of pyridine rings is 1. The minimum absolute atomic E-state index is 0.171. The number of hydrogen-bond acceptors (Lipinski definition) is 8. The van der Waals surface area contributed by atoms with Gasteiger partial charge in [0.1, 0.15) is 5.75 Å². The van der Waals surface area contributed by atoms with Crippen molar-refractivity contribution in [2.24, 2.45) is 0 Å². The smallest absolute Gasteiger partial charge is 0.296 e. The summed E-state index contributed by atoms with van der Waals surface area (Å²) in [5.74, 6) is -0.00240. The van der Waals surface area contributed by atoms with Gasteiger partial charge in [-0.05, 0) is 35.6 Å². The highest BCUT2D eigenvalue weighted by Crippen LogP contribution is 2.32. The summed E-state index contributed by atoms with van der Waals surface area (Å²) in [4.78, 5) is 31.0. The summed E-state index contributed by atoms with van der Waals surface area (Å²) in [6, 6.07) is 18.2. The number of ether oxygens (including phenoxy) is 2. The van der Waals surface area contributed by atoms with Crippen molar-refractivity contribution < 1.29 is 19.1 Å². The van der Waals surface area contributed by atoms with Crippen LogP contribution in [0.1, 0.15) is 10.4 Å². The Bertz CT molecular complexity index is 1300. The number of benzene rings is 2. The fourth-order valence-corrected chi connectivity index (χ4v) is 3.76. The summed E-state index contributed by atoms with van der Waals surface area (Å²) >= 11 is 1.03. The highest BCUT2D eigenvalue weighted by Gasteiger charge is 2.18. The standard InChI is InChI=1S/C24H21N5O4S/c1-29(16-8-4-3-5-9-16)21(30)15-33-24-28-27-23(34-24)26-22(31)18-12-13-25-14-19(18)17-10-6-7-11-20(17)32-2/h3-14H,15H2,1-2H3,(H,26,27,31). The first-order chi connectivity index (χ1) is 16.6. The quantitative estimate of drug-likeness (QED) is 0.412. The molecular weight excluding hydrogens is 454 g/mol. The number of hydrogen-bond donors (Lipinski definition) is 1. The van der Waals surface area contributed by atoms with Gasteiger partial charge in [0.25, 0.3) is 17.0 Å². The predicted octanol–water partition coefficient (Wildman–Crippen LogP) is 3.90. The molecule has 4 aromatic rings. The number of amides is 2. The summed E-state index contributed by atoms with van der Waals surface area (Å²) in [5, 5.41) is 11.0. The van der Waals surface area contributed by atoms with Gasteiger partial charge in [0.2, 0.25) is 5.13 Å². The molecule has 0 aliphatic rings. The van der Waals surface area contributed by atoms with Gasteiger partial charge in [-0.3, -0.25) is 19.9 Å². The zero-order chi connectivity index (χ0) is 23.9. The second-order valence-corrected chi connectivity index (χ2v) is 7.97. The molecule has 0 saturated heterocycles. The fraction of sp³-hybridized carbons (Fsp3) is 0.125. The van der Waals surface area contributed by atoms with E-state index in [9.17, 15) is 9.59 Å². The van der Waals surface area contributed by atoms with Crippen molar-refractivity contribution in [1.82, 2.24) is 15.2 Å². The molecule has 2 amide bonds. The summed E-state index contributed by atoms with van der Waals surface area (Å²) in [5.41, 5.74) is 2.51. The molecule has 2 heterocycles. The highest BCUT2D eigenvalue weighted by atomic mass is 32.1. The Morgan fingerprint density at radius 2 is 1.76 bits per heavy atom. The van der Waals surface area contributed by atoms with E-state index < -0.39 is 0 Å². The number of aromatic nitrogens is 3. The topological polar surface area (TPSA) is 107 Å². The number of nitrogens with zero attached hydrogens (tertiary/aromatic N) is 4. The first kappa shape index (κ1) is 22.9.